The molecule has 110 heavy (non-hydrogen) atoms. The van der Waals surface area contributed by atoms with E-state index in [4.69, 9.17) is 27.4 Å². The van der Waals surface area contributed by atoms with Crippen molar-refractivity contribution in [1.29, 1.82) is 0 Å². The number of piperazine rings is 3. The van der Waals surface area contributed by atoms with Gasteiger partial charge in [0.2, 0.25) is 17.6 Å². The van der Waals surface area contributed by atoms with Gasteiger partial charge in [-0.05, 0) is 203 Å². The van der Waals surface area contributed by atoms with Crippen molar-refractivity contribution in [3.8, 4) is 34.9 Å². The SMILES string of the molecule is Cc1cc2c(F)c(Oc3ncnc(Nc4ccc(N5CCN(C)CC5)cc4)c3F)ccc2n1C(C)C.[C-]#[N+]c1c(Nc2ccc(N3CCN(CC)CC3)cc2)ncnc1Oc1ccc2c(cc(C)n2C(C)C)c1F.[C-]#[N+]c1c(Nc2ccc(N3CCNCC3)cc2)ncnc1Oc1ccc2c(cc(C)n2C(C)C)c1F. The molecule has 0 aliphatic carbocycles. The molecule has 3 aliphatic heterocycles. The second-order valence-electron chi connectivity index (χ2n) is 28.3. The quantitative estimate of drug-likeness (QED) is 0.0441. The first kappa shape index (κ1) is 76.2. The molecular formula is C83H90F4N20O3. The Hall–Kier alpha value is -12.0. The van der Waals surface area contributed by atoms with Crippen LogP contribution in [-0.4, -0.2) is 146 Å². The highest BCUT2D eigenvalue weighted by atomic mass is 19.1. The number of hydrogen-bond donors (Lipinski definition) is 4. The second-order valence-corrected chi connectivity index (χ2v) is 28.3. The Labute approximate surface area is 637 Å². The van der Waals surface area contributed by atoms with E-state index in [0.29, 0.717) is 33.5 Å². The van der Waals surface area contributed by atoms with Crippen molar-refractivity contribution in [3.63, 3.8) is 0 Å². The van der Waals surface area contributed by atoms with Gasteiger partial charge >= 0.3 is 0 Å². The maximum absolute atomic E-state index is 15.4. The third-order valence-corrected chi connectivity index (χ3v) is 20.0. The first-order valence-corrected chi connectivity index (χ1v) is 37.0. The number of rotatable bonds is 19. The van der Waals surface area contributed by atoms with E-state index in [1.54, 1.807) is 24.3 Å². The smallest absolute Gasteiger partial charge is 0.288 e. The van der Waals surface area contributed by atoms with E-state index < -0.39 is 23.3 Å². The zero-order valence-electron chi connectivity index (χ0n) is 63.7. The Morgan fingerprint density at radius 3 is 1.10 bits per heavy atom. The molecule has 3 fully saturated rings. The summed E-state index contributed by atoms with van der Waals surface area (Å²) in [6.45, 7) is 48.8. The molecular weight excluding hydrogens is 1400 g/mol. The third-order valence-electron chi connectivity index (χ3n) is 20.0. The summed E-state index contributed by atoms with van der Waals surface area (Å²) in [5, 5.41) is 14.1. The van der Waals surface area contributed by atoms with Crippen LogP contribution in [0.25, 0.3) is 42.4 Å². The van der Waals surface area contributed by atoms with E-state index in [1.807, 2.05) is 124 Å². The number of aryl methyl sites for hydroxylation is 3. The minimum Gasteiger partial charge on any atom is -0.446 e. The van der Waals surface area contributed by atoms with Crippen molar-refractivity contribution in [2.24, 2.45) is 0 Å². The summed E-state index contributed by atoms with van der Waals surface area (Å²) in [5.74, 6) is -2.17. The molecule has 27 heteroatoms. The van der Waals surface area contributed by atoms with Gasteiger partial charge in [0, 0.05) is 164 Å². The number of fused-ring (bicyclic) bond motifs is 3. The van der Waals surface area contributed by atoms with Gasteiger partial charge in [-0.2, -0.15) is 9.37 Å². The fraction of sp³-hybridized carbons (Fsp3) is 0.325. The molecule has 12 aromatic rings. The van der Waals surface area contributed by atoms with Crippen LogP contribution in [0.15, 0.2) is 146 Å². The average molecular weight is 1490 g/mol. The monoisotopic (exact) mass is 1490 g/mol. The predicted molar refractivity (Wildman–Crippen MR) is 428 cm³/mol. The molecule has 15 rings (SSSR count). The molecule has 0 amide bonds. The van der Waals surface area contributed by atoms with Crippen LogP contribution in [0.2, 0.25) is 0 Å². The lowest BCUT2D eigenvalue weighted by atomic mass is 10.2. The fourth-order valence-corrected chi connectivity index (χ4v) is 14.5. The molecule has 0 unspecified atom stereocenters. The van der Waals surface area contributed by atoms with Gasteiger partial charge in [-0.3, -0.25) is 0 Å². The van der Waals surface area contributed by atoms with E-state index in [0.717, 1.165) is 147 Å². The van der Waals surface area contributed by atoms with Crippen LogP contribution in [0.3, 0.4) is 0 Å². The van der Waals surface area contributed by atoms with Gasteiger partial charge < -0.3 is 73.7 Å². The van der Waals surface area contributed by atoms with Crippen molar-refractivity contribution in [3.05, 3.63) is 210 Å². The van der Waals surface area contributed by atoms with Gasteiger partial charge in [0.25, 0.3) is 17.3 Å². The van der Waals surface area contributed by atoms with Crippen LogP contribution in [0.4, 0.5) is 80.5 Å². The lowest BCUT2D eigenvalue weighted by molar-refractivity contribution is 0.271. The number of ether oxygens (including phenoxy) is 3. The molecule has 0 bridgehead atoms. The lowest BCUT2D eigenvalue weighted by Crippen LogP contribution is -2.46. The first-order valence-electron chi connectivity index (χ1n) is 37.0. The number of benzene rings is 6. The van der Waals surface area contributed by atoms with Crippen LogP contribution >= 0.6 is 0 Å². The number of hydrogen-bond acceptors (Lipinski definition) is 18. The molecule has 0 atom stereocenters. The van der Waals surface area contributed by atoms with Crippen LogP contribution in [0.1, 0.15) is 83.7 Å². The van der Waals surface area contributed by atoms with E-state index in [2.05, 4.69) is 148 Å². The van der Waals surface area contributed by atoms with Gasteiger partial charge in [-0.1, -0.05) is 6.92 Å². The lowest BCUT2D eigenvalue weighted by Gasteiger charge is -2.35. The summed E-state index contributed by atoms with van der Waals surface area (Å²) >= 11 is 0. The summed E-state index contributed by atoms with van der Waals surface area (Å²) in [6.07, 6.45) is 3.80. The summed E-state index contributed by atoms with van der Waals surface area (Å²) < 4.78 is 84.8. The van der Waals surface area contributed by atoms with Gasteiger partial charge in [-0.15, -0.1) is 0 Å². The molecule has 6 aromatic heterocycles. The third kappa shape index (κ3) is 16.5. The van der Waals surface area contributed by atoms with Gasteiger partial charge in [0.05, 0.1) is 29.7 Å². The molecule has 9 heterocycles. The largest absolute Gasteiger partial charge is 0.446 e. The number of anilines is 9. The molecule has 568 valence electrons. The van der Waals surface area contributed by atoms with E-state index >= 15 is 17.6 Å². The first-order chi connectivity index (χ1) is 53.2. The van der Waals surface area contributed by atoms with Gasteiger partial charge in [0.15, 0.2) is 40.5 Å². The minimum atomic E-state index is -0.795. The number of nitrogens with zero attached hydrogens (tertiary/aromatic N) is 16. The van der Waals surface area contributed by atoms with Gasteiger partial charge in [0.1, 0.15) is 30.6 Å². The predicted octanol–water partition coefficient (Wildman–Crippen LogP) is 18.5. The second kappa shape index (κ2) is 33.6. The van der Waals surface area contributed by atoms with Crippen molar-refractivity contribution >= 4 is 95.7 Å². The molecule has 23 nitrogen and oxygen atoms in total. The number of likely N-dealkylation sites (N-methyl/N-ethyl adjacent to an activating group) is 2. The Balaban J connectivity index is 0.000000145. The highest BCUT2D eigenvalue weighted by Crippen LogP contribution is 2.43. The molecule has 3 aliphatic rings. The molecule has 0 saturated carbocycles. The minimum absolute atomic E-state index is 0.00109. The van der Waals surface area contributed by atoms with Crippen LogP contribution < -0.4 is 50.2 Å². The standard InChI is InChI=1S/C29H32FN7O.C27H30F2N6O.C27H28FN7O/c1-6-35-13-15-36(16-14-35)22-9-7-21(8-10-22)34-28-27(31-5)29(33-18-32-28)38-25-12-11-24-23(26(25)30)17-20(4)37(24)19(2)3;1-17(2)35-18(3)15-21-22(35)9-10-23(24(21)28)36-27-25(29)26(30-16-31-27)32-19-5-7-20(8-6-19)34-13-11-33(4)12-14-34;1-17(2)35-18(3)15-21-22(35)9-10-23(24(21)28)36-27-25(29-4)26(31-16-32-27)33-19-5-7-20(8-6-19)34-13-11-30-12-14-34/h7-12,17-19H,6,13-16H2,1-4H3,(H,32,33,34);5-10,15-17H,11-14H2,1-4H3,(H,30,31,32);5-10,15-17,30H,11-14H2,1-3H3,(H,31,32,33). The molecule has 4 N–H and O–H groups in total. The van der Waals surface area contributed by atoms with Crippen molar-refractivity contribution in [2.75, 3.05) is 123 Å². The van der Waals surface area contributed by atoms with E-state index in [1.165, 1.54) is 25.0 Å². The Bertz CT molecular complexity index is 5340. The number of aromatic nitrogens is 9. The van der Waals surface area contributed by atoms with Crippen molar-refractivity contribution in [1.82, 2.24) is 58.7 Å². The summed E-state index contributed by atoms with van der Waals surface area (Å²) in [4.78, 5) is 43.6. The summed E-state index contributed by atoms with van der Waals surface area (Å²) in [6, 6.07) is 39.9. The van der Waals surface area contributed by atoms with Crippen LogP contribution in [-0.2, 0) is 0 Å². The maximum Gasteiger partial charge on any atom is 0.288 e. The maximum atomic E-state index is 15.4. The summed E-state index contributed by atoms with van der Waals surface area (Å²) in [5.41, 5.74) is 11.1. The normalized spacial score (nSPS) is 14.2. The van der Waals surface area contributed by atoms with E-state index in [-0.39, 0.29) is 70.2 Å². The van der Waals surface area contributed by atoms with Crippen molar-refractivity contribution in [2.45, 2.75) is 87.4 Å². The van der Waals surface area contributed by atoms with Crippen molar-refractivity contribution < 1.29 is 31.8 Å². The molecule has 3 saturated heterocycles. The molecule has 0 radical (unpaired) electrons. The zero-order valence-corrected chi connectivity index (χ0v) is 63.7. The number of nitrogens with one attached hydrogen (secondary N) is 4. The van der Waals surface area contributed by atoms with Crippen LogP contribution in [0, 0.1) is 57.2 Å². The summed E-state index contributed by atoms with van der Waals surface area (Å²) in [7, 11) is 2.12. The molecule has 6 aromatic carbocycles. The number of halogens is 4. The van der Waals surface area contributed by atoms with Gasteiger partial charge in [-0.25, -0.2) is 47.8 Å². The topological polar surface area (TPSA) is 193 Å². The Morgan fingerprint density at radius 1 is 0.418 bits per heavy atom. The Morgan fingerprint density at radius 2 is 0.745 bits per heavy atom. The van der Waals surface area contributed by atoms with E-state index in [9.17, 15) is 0 Å². The fourth-order valence-electron chi connectivity index (χ4n) is 14.5. The van der Waals surface area contributed by atoms with Crippen LogP contribution in [0.5, 0.6) is 34.9 Å². The zero-order chi connectivity index (χ0) is 77.4. The highest BCUT2D eigenvalue weighted by Gasteiger charge is 2.26. The Kier molecular flexibility index (Phi) is 23.3. The highest BCUT2D eigenvalue weighted by molar-refractivity contribution is 5.87. The average Bonchev–Trinajstić information content (AvgIpc) is 1.62. The molecule has 0 spiro atoms.